The molecule has 0 atom stereocenters. The topological polar surface area (TPSA) is 42.0 Å². The highest BCUT2D eigenvalue weighted by Gasteiger charge is 2.09. The maximum absolute atomic E-state index is 12.6. The van der Waals surface area contributed by atoms with Crippen LogP contribution in [0.1, 0.15) is 32.9 Å². The summed E-state index contributed by atoms with van der Waals surface area (Å²) in [7, 11) is 0. The molecule has 3 nitrogen and oxygen atoms in total. The van der Waals surface area contributed by atoms with Crippen molar-refractivity contribution < 1.29 is 4.79 Å². The molecule has 1 aromatic heterocycles. The summed E-state index contributed by atoms with van der Waals surface area (Å²) >= 11 is 0. The maximum Gasteiger partial charge on any atom is 0.255 e. The molecule has 0 bridgehead atoms. The summed E-state index contributed by atoms with van der Waals surface area (Å²) in [6.45, 7) is 4.01. The zero-order valence-corrected chi connectivity index (χ0v) is 14.4. The van der Waals surface area contributed by atoms with Crippen molar-refractivity contribution in [3.05, 3.63) is 101 Å². The zero-order valence-electron chi connectivity index (χ0n) is 14.4. The van der Waals surface area contributed by atoms with Gasteiger partial charge in [0.05, 0.1) is 11.4 Å². The monoisotopic (exact) mass is 328 g/mol. The minimum absolute atomic E-state index is 0.139. The zero-order chi connectivity index (χ0) is 17.6. The van der Waals surface area contributed by atoms with Crippen molar-refractivity contribution in [2.24, 2.45) is 0 Å². The first-order chi connectivity index (χ1) is 12.1. The van der Waals surface area contributed by atoms with Gasteiger partial charge in [0.1, 0.15) is 0 Å². The van der Waals surface area contributed by atoms with Crippen LogP contribution in [-0.4, -0.2) is 10.9 Å². The predicted octanol–water partition coefficient (Wildman–Crippen LogP) is 4.63. The van der Waals surface area contributed by atoms with Gasteiger partial charge in [-0.05, 0) is 55.3 Å². The second kappa shape index (κ2) is 7.58. The molecular formula is C22H20N2O. The Kier molecular flexibility index (Phi) is 5.05. The van der Waals surface area contributed by atoms with E-state index >= 15 is 0 Å². The van der Waals surface area contributed by atoms with Crippen LogP contribution in [0, 0.1) is 13.8 Å². The highest BCUT2D eigenvalue weighted by Crippen LogP contribution is 2.17. The van der Waals surface area contributed by atoms with Crippen LogP contribution in [0.2, 0.25) is 0 Å². The third-order valence-electron chi connectivity index (χ3n) is 3.78. The van der Waals surface area contributed by atoms with Crippen molar-refractivity contribution in [1.29, 1.82) is 0 Å². The fraction of sp³-hybridized carbons (Fsp3) is 0.0909. The average molecular weight is 328 g/mol. The van der Waals surface area contributed by atoms with Crippen LogP contribution in [0.15, 0.2) is 72.8 Å². The van der Waals surface area contributed by atoms with Crippen molar-refractivity contribution in [1.82, 2.24) is 10.3 Å². The Bertz CT molecular complexity index is 880. The molecule has 0 fully saturated rings. The summed E-state index contributed by atoms with van der Waals surface area (Å²) in [6, 6.07) is 23.0. The number of rotatable bonds is 4. The van der Waals surface area contributed by atoms with E-state index in [2.05, 4.69) is 10.3 Å². The lowest BCUT2D eigenvalue weighted by molar-refractivity contribution is 0.0974. The van der Waals surface area contributed by atoms with E-state index in [-0.39, 0.29) is 5.91 Å². The van der Waals surface area contributed by atoms with Crippen molar-refractivity contribution in [3.63, 3.8) is 0 Å². The van der Waals surface area contributed by atoms with Crippen LogP contribution < -0.4 is 5.32 Å². The van der Waals surface area contributed by atoms with Crippen LogP contribution in [0.25, 0.3) is 11.8 Å². The molecule has 3 rings (SSSR count). The van der Waals surface area contributed by atoms with Gasteiger partial charge < -0.3 is 5.32 Å². The van der Waals surface area contributed by atoms with E-state index in [1.165, 1.54) is 0 Å². The molecule has 1 heterocycles. The number of aromatic nitrogens is 1. The van der Waals surface area contributed by atoms with Crippen molar-refractivity contribution in [2.45, 2.75) is 13.8 Å². The first-order valence-corrected chi connectivity index (χ1v) is 8.20. The maximum atomic E-state index is 12.6. The third-order valence-corrected chi connectivity index (χ3v) is 3.78. The number of hydrogen-bond donors (Lipinski definition) is 1. The standard InChI is InChI=1S/C22H20N2O/c1-16-13-17(2)23-20(14-16)15-21(18-9-5-3-6-10-18)24-22(25)19-11-7-4-8-12-19/h3-15H,1-2H3,(H,24,25). The normalized spacial score (nSPS) is 11.2. The van der Waals surface area contributed by atoms with Gasteiger partial charge in [-0.1, -0.05) is 48.5 Å². The Morgan fingerprint density at radius 1 is 0.880 bits per heavy atom. The van der Waals surface area contributed by atoms with Gasteiger partial charge in [-0.3, -0.25) is 9.78 Å². The molecule has 0 unspecified atom stereocenters. The van der Waals surface area contributed by atoms with E-state index in [0.29, 0.717) is 5.56 Å². The molecular weight excluding hydrogens is 308 g/mol. The fourth-order valence-corrected chi connectivity index (χ4v) is 2.69. The molecule has 0 aliphatic carbocycles. The second-order valence-corrected chi connectivity index (χ2v) is 5.95. The first kappa shape index (κ1) is 16.7. The minimum atomic E-state index is -0.139. The van der Waals surface area contributed by atoms with Crippen LogP contribution in [-0.2, 0) is 0 Å². The molecule has 1 N–H and O–H groups in total. The summed E-state index contributed by atoms with van der Waals surface area (Å²) in [5.74, 6) is -0.139. The molecule has 3 aromatic rings. The Labute approximate surface area is 148 Å². The molecule has 2 aromatic carbocycles. The quantitative estimate of drug-likeness (QED) is 0.759. The molecule has 0 aliphatic heterocycles. The fourth-order valence-electron chi connectivity index (χ4n) is 2.69. The highest BCUT2D eigenvalue weighted by atomic mass is 16.1. The van der Waals surface area contributed by atoms with Gasteiger partial charge in [-0.25, -0.2) is 0 Å². The Morgan fingerprint density at radius 3 is 2.08 bits per heavy atom. The lowest BCUT2D eigenvalue weighted by Crippen LogP contribution is -2.21. The average Bonchev–Trinajstić information content (AvgIpc) is 2.62. The number of nitrogens with zero attached hydrogens (tertiary/aromatic N) is 1. The van der Waals surface area contributed by atoms with Crippen LogP contribution in [0.3, 0.4) is 0 Å². The van der Waals surface area contributed by atoms with E-state index in [9.17, 15) is 4.79 Å². The highest BCUT2D eigenvalue weighted by molar-refractivity contribution is 6.01. The summed E-state index contributed by atoms with van der Waals surface area (Å²) in [6.07, 6.45) is 1.91. The SMILES string of the molecule is Cc1cc(C)nc(C=C(NC(=O)c2ccccc2)c2ccccc2)c1. The lowest BCUT2D eigenvalue weighted by Gasteiger charge is -2.11. The second-order valence-electron chi connectivity index (χ2n) is 5.95. The molecule has 3 heteroatoms. The molecule has 1 amide bonds. The van der Waals surface area contributed by atoms with Crippen LogP contribution in [0.5, 0.6) is 0 Å². The molecule has 124 valence electrons. The van der Waals surface area contributed by atoms with Gasteiger partial charge >= 0.3 is 0 Å². The van der Waals surface area contributed by atoms with Crippen LogP contribution >= 0.6 is 0 Å². The van der Waals surface area contributed by atoms with Gasteiger partial charge in [0, 0.05) is 11.3 Å². The number of amides is 1. The molecule has 0 spiro atoms. The van der Waals surface area contributed by atoms with Gasteiger partial charge in [0.25, 0.3) is 5.91 Å². The summed E-state index contributed by atoms with van der Waals surface area (Å²) in [5, 5.41) is 3.02. The van der Waals surface area contributed by atoms with E-state index in [0.717, 1.165) is 28.2 Å². The Morgan fingerprint density at radius 2 is 1.48 bits per heavy atom. The largest absolute Gasteiger partial charge is 0.321 e. The van der Waals surface area contributed by atoms with Gasteiger partial charge in [-0.15, -0.1) is 0 Å². The molecule has 25 heavy (non-hydrogen) atoms. The number of benzene rings is 2. The number of carbonyl (C=O) groups excluding carboxylic acids is 1. The lowest BCUT2D eigenvalue weighted by atomic mass is 10.1. The molecule has 0 aliphatic rings. The Hall–Kier alpha value is -3.20. The Balaban J connectivity index is 1.98. The summed E-state index contributed by atoms with van der Waals surface area (Å²) in [5.41, 5.74) is 5.20. The number of aryl methyl sites for hydroxylation is 2. The van der Waals surface area contributed by atoms with Gasteiger partial charge in [0.15, 0.2) is 0 Å². The number of nitrogens with one attached hydrogen (secondary N) is 1. The van der Waals surface area contributed by atoms with Crippen molar-refractivity contribution in [3.8, 4) is 0 Å². The van der Waals surface area contributed by atoms with E-state index < -0.39 is 0 Å². The van der Waals surface area contributed by atoms with E-state index in [1.54, 1.807) is 12.1 Å². The van der Waals surface area contributed by atoms with Crippen molar-refractivity contribution in [2.75, 3.05) is 0 Å². The smallest absolute Gasteiger partial charge is 0.255 e. The van der Waals surface area contributed by atoms with Gasteiger partial charge in [0.2, 0.25) is 0 Å². The van der Waals surface area contributed by atoms with Crippen molar-refractivity contribution >= 4 is 17.7 Å². The first-order valence-electron chi connectivity index (χ1n) is 8.20. The third kappa shape index (κ3) is 4.42. The summed E-state index contributed by atoms with van der Waals surface area (Å²) in [4.78, 5) is 17.1. The van der Waals surface area contributed by atoms with Gasteiger partial charge in [-0.2, -0.15) is 0 Å². The predicted molar refractivity (Wildman–Crippen MR) is 102 cm³/mol. The number of carbonyl (C=O) groups is 1. The van der Waals surface area contributed by atoms with E-state index in [4.69, 9.17) is 0 Å². The minimum Gasteiger partial charge on any atom is -0.321 e. The number of hydrogen-bond acceptors (Lipinski definition) is 2. The molecule has 0 radical (unpaired) electrons. The molecule has 0 saturated carbocycles. The molecule has 0 saturated heterocycles. The van der Waals surface area contributed by atoms with Crippen LogP contribution in [0.4, 0.5) is 0 Å². The summed E-state index contributed by atoms with van der Waals surface area (Å²) < 4.78 is 0. The number of pyridine rings is 1. The van der Waals surface area contributed by atoms with E-state index in [1.807, 2.05) is 80.6 Å².